The van der Waals surface area contributed by atoms with Gasteiger partial charge in [-0.3, -0.25) is 14.6 Å². The van der Waals surface area contributed by atoms with Gasteiger partial charge >= 0.3 is 5.69 Å². The summed E-state index contributed by atoms with van der Waals surface area (Å²) < 4.78 is 26.4. The molecule has 0 aliphatic carbocycles. The zero-order valence-corrected chi connectivity index (χ0v) is 11.3. The van der Waals surface area contributed by atoms with Crippen molar-refractivity contribution in [2.24, 2.45) is 0 Å². The molecule has 7 heteroatoms. The van der Waals surface area contributed by atoms with E-state index in [0.29, 0.717) is 6.07 Å². The van der Waals surface area contributed by atoms with Crippen molar-refractivity contribution in [3.05, 3.63) is 67.5 Å². The zero-order valence-electron chi connectivity index (χ0n) is 11.3. The molecule has 1 heterocycles. The van der Waals surface area contributed by atoms with Crippen LogP contribution in [0.25, 0.3) is 0 Å². The molecule has 1 aromatic carbocycles. The molecule has 21 heavy (non-hydrogen) atoms. The van der Waals surface area contributed by atoms with Gasteiger partial charge in [-0.1, -0.05) is 13.8 Å². The Hall–Kier alpha value is -2.57. The highest BCUT2D eigenvalue weighted by atomic mass is 19.1. The molecule has 2 rings (SSSR count). The van der Waals surface area contributed by atoms with Gasteiger partial charge in [0.1, 0.15) is 11.6 Å². The van der Waals surface area contributed by atoms with E-state index in [1.807, 2.05) is 4.98 Å². The fourth-order valence-corrected chi connectivity index (χ4v) is 2.06. The van der Waals surface area contributed by atoms with Crippen molar-refractivity contribution in [1.82, 2.24) is 9.97 Å². The Kier molecular flexibility index (Phi) is 3.84. The van der Waals surface area contributed by atoms with Crippen LogP contribution in [-0.2, 0) is 0 Å². The van der Waals surface area contributed by atoms with Gasteiger partial charge in [-0.2, -0.15) is 0 Å². The summed E-state index contributed by atoms with van der Waals surface area (Å²) in [6.45, 7) is 3.32. The molecule has 110 valence electrons. The molecule has 0 radical (unpaired) electrons. The van der Waals surface area contributed by atoms with E-state index >= 15 is 0 Å². The molecule has 0 aliphatic rings. The highest BCUT2D eigenvalue weighted by Crippen LogP contribution is 2.17. The summed E-state index contributed by atoms with van der Waals surface area (Å²) in [5.41, 5.74) is -2.04. The number of nitrogens with one attached hydrogen (secondary N) is 2. The number of rotatable bonds is 3. The first kappa shape index (κ1) is 14.8. The second kappa shape index (κ2) is 5.43. The molecule has 2 N–H and O–H groups in total. The van der Waals surface area contributed by atoms with E-state index in [9.17, 15) is 23.2 Å². The molecule has 0 aliphatic heterocycles. The fraction of sp³-hybridized carbons (Fsp3) is 0.214. The molecule has 0 unspecified atom stereocenters. The molecule has 0 saturated carbocycles. The molecule has 0 amide bonds. The Morgan fingerprint density at radius 1 is 1.05 bits per heavy atom. The lowest BCUT2D eigenvalue weighted by atomic mass is 9.97. The number of carbonyl (C=O) groups is 1. The topological polar surface area (TPSA) is 82.8 Å². The lowest BCUT2D eigenvalue weighted by Gasteiger charge is -2.10. The summed E-state index contributed by atoms with van der Waals surface area (Å²) in [5, 5.41) is 0. The maximum Gasteiger partial charge on any atom is 0.326 e. The van der Waals surface area contributed by atoms with Crippen LogP contribution in [0.5, 0.6) is 0 Å². The first-order valence-electron chi connectivity index (χ1n) is 6.17. The first-order valence-corrected chi connectivity index (χ1v) is 6.17. The van der Waals surface area contributed by atoms with Crippen LogP contribution in [-0.4, -0.2) is 15.8 Å². The molecule has 0 bridgehead atoms. The number of hydrogen-bond donors (Lipinski definition) is 2. The summed E-state index contributed by atoms with van der Waals surface area (Å²) in [5.74, 6) is -3.02. The van der Waals surface area contributed by atoms with Crippen molar-refractivity contribution >= 4 is 5.78 Å². The van der Waals surface area contributed by atoms with Crippen molar-refractivity contribution in [3.8, 4) is 0 Å². The van der Waals surface area contributed by atoms with Crippen molar-refractivity contribution in [2.75, 3.05) is 0 Å². The molecule has 5 nitrogen and oxygen atoms in total. The number of benzene rings is 1. The smallest absolute Gasteiger partial charge is 0.304 e. The minimum absolute atomic E-state index is 0.0595. The van der Waals surface area contributed by atoms with E-state index in [1.54, 1.807) is 13.8 Å². The summed E-state index contributed by atoms with van der Waals surface area (Å²) in [7, 11) is 0. The van der Waals surface area contributed by atoms with Gasteiger partial charge in [0, 0.05) is 17.2 Å². The summed E-state index contributed by atoms with van der Waals surface area (Å²) in [6.07, 6.45) is 0. The number of aromatic amines is 2. The van der Waals surface area contributed by atoms with Crippen LogP contribution < -0.4 is 11.2 Å². The Bertz CT molecular complexity index is 801. The van der Waals surface area contributed by atoms with Crippen LogP contribution in [0.4, 0.5) is 8.78 Å². The molecule has 0 spiro atoms. The maximum atomic E-state index is 13.2. The standard InChI is InChI=1S/C14H12F2N2O3/c1-6(2)10-11(17-14(21)18-13(10)20)12(19)7-3-8(15)5-9(16)4-7/h3-6H,1-2H3,(H2,17,18,20,21). The van der Waals surface area contributed by atoms with Gasteiger partial charge < -0.3 is 4.98 Å². The molecule has 2 aromatic rings. The number of hydrogen-bond acceptors (Lipinski definition) is 3. The SMILES string of the molecule is CC(C)c1c(C(=O)c2cc(F)cc(F)c2)[nH]c(=O)[nH]c1=O. The van der Waals surface area contributed by atoms with E-state index in [4.69, 9.17) is 0 Å². The van der Waals surface area contributed by atoms with Gasteiger partial charge in [0.15, 0.2) is 0 Å². The van der Waals surface area contributed by atoms with Crippen molar-refractivity contribution in [1.29, 1.82) is 0 Å². The van der Waals surface area contributed by atoms with Gasteiger partial charge in [0.2, 0.25) is 5.78 Å². The predicted octanol–water partition coefficient (Wildman–Crippen LogP) is 1.70. The molecule has 0 fully saturated rings. The third kappa shape index (κ3) is 2.96. The van der Waals surface area contributed by atoms with Crippen LogP contribution in [0.2, 0.25) is 0 Å². The van der Waals surface area contributed by atoms with Crippen molar-refractivity contribution in [2.45, 2.75) is 19.8 Å². The van der Waals surface area contributed by atoms with E-state index < -0.39 is 28.7 Å². The lowest BCUT2D eigenvalue weighted by Crippen LogP contribution is -2.30. The summed E-state index contributed by atoms with van der Waals surface area (Å²) in [4.78, 5) is 39.7. The fourth-order valence-electron chi connectivity index (χ4n) is 2.06. The Morgan fingerprint density at radius 2 is 1.62 bits per heavy atom. The Labute approximate surface area is 117 Å². The second-order valence-electron chi connectivity index (χ2n) is 4.84. The third-order valence-electron chi connectivity index (χ3n) is 2.91. The number of carbonyl (C=O) groups excluding carboxylic acids is 1. The average molecular weight is 294 g/mol. The lowest BCUT2D eigenvalue weighted by molar-refractivity contribution is 0.103. The number of ketones is 1. The van der Waals surface area contributed by atoms with Crippen LogP contribution >= 0.6 is 0 Å². The van der Waals surface area contributed by atoms with Crippen LogP contribution in [0, 0.1) is 11.6 Å². The minimum atomic E-state index is -0.920. The van der Waals surface area contributed by atoms with Crippen LogP contribution in [0.15, 0.2) is 27.8 Å². The highest BCUT2D eigenvalue weighted by molar-refractivity contribution is 6.08. The largest absolute Gasteiger partial charge is 0.326 e. The van der Waals surface area contributed by atoms with E-state index in [1.165, 1.54) is 0 Å². The van der Waals surface area contributed by atoms with Crippen LogP contribution in [0.3, 0.4) is 0 Å². The van der Waals surface area contributed by atoms with Crippen LogP contribution in [0.1, 0.15) is 41.4 Å². The molecule has 0 saturated heterocycles. The normalized spacial score (nSPS) is 10.9. The number of halogens is 2. The van der Waals surface area contributed by atoms with E-state index in [0.717, 1.165) is 12.1 Å². The van der Waals surface area contributed by atoms with Gasteiger partial charge in [0.05, 0.1) is 5.69 Å². The summed E-state index contributed by atoms with van der Waals surface area (Å²) >= 11 is 0. The van der Waals surface area contributed by atoms with Crippen molar-refractivity contribution < 1.29 is 13.6 Å². The van der Waals surface area contributed by atoms with Crippen molar-refractivity contribution in [3.63, 3.8) is 0 Å². The molecular formula is C14H12F2N2O3. The minimum Gasteiger partial charge on any atom is -0.304 e. The van der Waals surface area contributed by atoms with Gasteiger partial charge in [-0.15, -0.1) is 0 Å². The van der Waals surface area contributed by atoms with Gasteiger partial charge in [0.25, 0.3) is 5.56 Å². The predicted molar refractivity (Wildman–Crippen MR) is 71.6 cm³/mol. The van der Waals surface area contributed by atoms with E-state index in [-0.39, 0.29) is 22.7 Å². The maximum absolute atomic E-state index is 13.2. The second-order valence-corrected chi connectivity index (χ2v) is 4.84. The Morgan fingerprint density at radius 3 is 2.14 bits per heavy atom. The average Bonchev–Trinajstić information content (AvgIpc) is 2.35. The third-order valence-corrected chi connectivity index (χ3v) is 2.91. The summed E-state index contributed by atoms with van der Waals surface area (Å²) in [6, 6.07) is 2.31. The molecular weight excluding hydrogens is 282 g/mol. The van der Waals surface area contributed by atoms with Gasteiger partial charge in [-0.05, 0) is 18.1 Å². The van der Waals surface area contributed by atoms with E-state index in [2.05, 4.69) is 4.98 Å². The van der Waals surface area contributed by atoms with Gasteiger partial charge in [-0.25, -0.2) is 13.6 Å². The number of aromatic nitrogens is 2. The number of H-pyrrole nitrogens is 2. The zero-order chi connectivity index (χ0) is 15.7. The quantitative estimate of drug-likeness (QED) is 0.845. The molecule has 0 atom stereocenters. The monoisotopic (exact) mass is 294 g/mol. The first-order chi connectivity index (χ1) is 9.79. The highest BCUT2D eigenvalue weighted by Gasteiger charge is 2.21. The Balaban J connectivity index is 2.68. The molecule has 1 aromatic heterocycles.